The maximum absolute atomic E-state index is 13.2. The maximum Gasteiger partial charge on any atom is 0.338 e. The highest BCUT2D eigenvalue weighted by Crippen LogP contribution is 2.16. The molecule has 11 heteroatoms. The smallest absolute Gasteiger partial charge is 0.338 e. The lowest BCUT2D eigenvalue weighted by Gasteiger charge is -2.36. The van der Waals surface area contributed by atoms with Crippen LogP contribution in [0.3, 0.4) is 0 Å². The number of rotatable bonds is 12. The Bertz CT molecular complexity index is 1190. The Kier molecular flexibility index (Phi) is 10.6. The van der Waals surface area contributed by atoms with E-state index in [1.807, 2.05) is 19.9 Å². The summed E-state index contributed by atoms with van der Waals surface area (Å²) in [6.45, 7) is 7.66. The Balaban J connectivity index is 1.55. The first-order chi connectivity index (χ1) is 18.6. The number of carbonyl (C=O) groups is 5. The van der Waals surface area contributed by atoms with Crippen molar-refractivity contribution in [1.29, 1.82) is 0 Å². The minimum Gasteiger partial charge on any atom is -0.454 e. The van der Waals surface area contributed by atoms with Crippen molar-refractivity contribution >= 4 is 40.4 Å². The molecule has 0 unspecified atom stereocenters. The van der Waals surface area contributed by atoms with Crippen LogP contribution in [-0.2, 0) is 23.9 Å². The third-order valence-electron chi connectivity index (χ3n) is 6.52. The van der Waals surface area contributed by atoms with E-state index in [1.165, 1.54) is 5.01 Å². The van der Waals surface area contributed by atoms with Crippen molar-refractivity contribution in [3.05, 3.63) is 36.0 Å². The molecule has 0 saturated carbocycles. The molecule has 1 aliphatic heterocycles. The number of carbonyl (C=O) groups excluding carboxylic acids is 5. The monoisotopic (exact) mass is 541 g/mol. The minimum absolute atomic E-state index is 0.0393. The molecule has 2 heterocycles. The van der Waals surface area contributed by atoms with Gasteiger partial charge in [-0.2, -0.15) is 0 Å². The second-order valence-corrected chi connectivity index (χ2v) is 10.6. The molecular weight excluding hydrogens is 502 g/mol. The van der Waals surface area contributed by atoms with Crippen molar-refractivity contribution in [2.45, 2.75) is 65.5 Å². The Hall–Kier alpha value is -3.73. The number of aromatic nitrogens is 1. The highest BCUT2D eigenvalue weighted by atomic mass is 16.5. The summed E-state index contributed by atoms with van der Waals surface area (Å²) < 4.78 is 5.26. The highest BCUT2D eigenvalue weighted by molar-refractivity contribution is 5.97. The molecule has 1 saturated heterocycles. The van der Waals surface area contributed by atoms with Crippen LogP contribution in [0, 0.1) is 11.8 Å². The number of hydrogen-bond donors (Lipinski definition) is 4. The number of aromatic amines is 1. The Morgan fingerprint density at radius 3 is 2.59 bits per heavy atom. The molecule has 4 N–H and O–H groups in total. The highest BCUT2D eigenvalue weighted by Gasteiger charge is 2.35. The van der Waals surface area contributed by atoms with Crippen molar-refractivity contribution in [3.63, 3.8) is 0 Å². The number of Topliss-reactive ketones (excluding diaryl/α,β-unsaturated/α-hetero) is 1. The summed E-state index contributed by atoms with van der Waals surface area (Å²) in [4.78, 5) is 66.5. The van der Waals surface area contributed by atoms with Gasteiger partial charge in [0.05, 0.1) is 11.6 Å². The average Bonchev–Trinajstić information content (AvgIpc) is 3.37. The molecule has 1 aromatic carbocycles. The lowest BCUT2D eigenvalue weighted by molar-refractivity contribution is -0.147. The summed E-state index contributed by atoms with van der Waals surface area (Å²) in [5.74, 6) is -2.03. The van der Waals surface area contributed by atoms with E-state index in [4.69, 9.17) is 4.74 Å². The molecule has 3 rings (SSSR count). The van der Waals surface area contributed by atoms with E-state index in [0.717, 1.165) is 10.9 Å². The van der Waals surface area contributed by atoms with Crippen molar-refractivity contribution < 1.29 is 28.7 Å². The van der Waals surface area contributed by atoms with Crippen molar-refractivity contribution in [2.24, 2.45) is 11.8 Å². The molecule has 2 aromatic rings. The second kappa shape index (κ2) is 13.9. The van der Waals surface area contributed by atoms with Crippen LogP contribution in [0.15, 0.2) is 30.5 Å². The van der Waals surface area contributed by atoms with Gasteiger partial charge in [-0.25, -0.2) is 10.2 Å². The van der Waals surface area contributed by atoms with Crippen molar-refractivity contribution in [2.75, 3.05) is 19.7 Å². The van der Waals surface area contributed by atoms with Crippen LogP contribution < -0.4 is 16.1 Å². The number of esters is 1. The number of hydrazine groups is 1. The Morgan fingerprint density at radius 1 is 1.10 bits per heavy atom. The first-order valence-electron chi connectivity index (χ1n) is 13.5. The minimum atomic E-state index is -0.897. The topological polar surface area (TPSA) is 150 Å². The van der Waals surface area contributed by atoms with Gasteiger partial charge in [-0.15, -0.1) is 0 Å². The Morgan fingerprint density at radius 2 is 1.87 bits per heavy atom. The standard InChI is InChI=1S/C28H39N5O6/c1-17(2)14-24(35)30-13-10-25(36)33-22(6-5-11-31-33)27(37)32-26(18(3)4)23(34)16-39-28(38)20-7-8-21-19(15-20)9-12-29-21/h7-9,12,15,17-18,22,26,29,31H,5-6,10-11,13-14,16H2,1-4H3,(H,30,35)(H,32,37)/t22-,26-/m0/s1. The van der Waals surface area contributed by atoms with Crippen molar-refractivity contribution in [3.8, 4) is 0 Å². The second-order valence-electron chi connectivity index (χ2n) is 10.6. The molecule has 1 aliphatic rings. The third kappa shape index (κ3) is 8.38. The third-order valence-corrected chi connectivity index (χ3v) is 6.52. The van der Waals surface area contributed by atoms with Gasteiger partial charge in [-0.05, 0) is 48.9 Å². The maximum atomic E-state index is 13.2. The number of ketones is 1. The number of fused-ring (bicyclic) bond motifs is 1. The van der Waals surface area contributed by atoms with Crippen LogP contribution >= 0.6 is 0 Å². The van der Waals surface area contributed by atoms with E-state index < -0.39 is 36.4 Å². The molecule has 0 bridgehead atoms. The normalized spacial score (nSPS) is 16.3. The van der Waals surface area contributed by atoms with Gasteiger partial charge in [0, 0.05) is 43.0 Å². The zero-order valence-electron chi connectivity index (χ0n) is 23.0. The van der Waals surface area contributed by atoms with E-state index in [1.54, 1.807) is 38.2 Å². The quantitative estimate of drug-likeness (QED) is 0.301. The summed E-state index contributed by atoms with van der Waals surface area (Å²) in [6.07, 6.45) is 3.29. The van der Waals surface area contributed by atoms with Crippen LogP contribution in [0.25, 0.3) is 10.9 Å². The van der Waals surface area contributed by atoms with Gasteiger partial charge in [0.1, 0.15) is 6.04 Å². The van der Waals surface area contributed by atoms with Gasteiger partial charge in [-0.3, -0.25) is 24.2 Å². The van der Waals surface area contributed by atoms with Crippen LogP contribution in [0.1, 0.15) is 63.7 Å². The summed E-state index contributed by atoms with van der Waals surface area (Å²) in [5.41, 5.74) is 4.18. The summed E-state index contributed by atoms with van der Waals surface area (Å²) >= 11 is 0. The predicted molar refractivity (Wildman–Crippen MR) is 145 cm³/mol. The van der Waals surface area contributed by atoms with Crippen LogP contribution in [0.2, 0.25) is 0 Å². The Labute approximate surface area is 228 Å². The van der Waals surface area contributed by atoms with Crippen molar-refractivity contribution in [1.82, 2.24) is 26.1 Å². The van der Waals surface area contributed by atoms with E-state index >= 15 is 0 Å². The van der Waals surface area contributed by atoms with Crippen LogP contribution in [-0.4, -0.2) is 71.2 Å². The van der Waals surface area contributed by atoms with Gasteiger partial charge in [0.25, 0.3) is 0 Å². The first kappa shape index (κ1) is 29.8. The molecule has 39 heavy (non-hydrogen) atoms. The fourth-order valence-corrected chi connectivity index (χ4v) is 4.48. The molecule has 212 valence electrons. The van der Waals surface area contributed by atoms with E-state index in [0.29, 0.717) is 31.4 Å². The molecule has 3 amide bonds. The van der Waals surface area contributed by atoms with Crippen LogP contribution in [0.4, 0.5) is 0 Å². The fraction of sp³-hybridized carbons (Fsp3) is 0.536. The number of benzene rings is 1. The van der Waals surface area contributed by atoms with Gasteiger partial charge in [-0.1, -0.05) is 27.7 Å². The molecule has 1 aromatic heterocycles. The predicted octanol–water partition coefficient (Wildman–Crippen LogP) is 2.08. The van der Waals surface area contributed by atoms with E-state index in [9.17, 15) is 24.0 Å². The van der Waals surface area contributed by atoms with Gasteiger partial charge >= 0.3 is 5.97 Å². The van der Waals surface area contributed by atoms with Gasteiger partial charge in [0.15, 0.2) is 12.4 Å². The molecular formula is C28H39N5O6. The average molecular weight is 542 g/mol. The molecule has 11 nitrogen and oxygen atoms in total. The SMILES string of the molecule is CC(C)CC(=O)NCCC(=O)N1NCCC[C@H]1C(=O)N[C@H](C(=O)COC(=O)c1ccc2[nH]ccc2c1)C(C)C. The van der Waals surface area contributed by atoms with Gasteiger partial charge in [0.2, 0.25) is 17.7 Å². The molecule has 2 atom stereocenters. The number of hydrogen-bond acceptors (Lipinski definition) is 7. The zero-order valence-corrected chi connectivity index (χ0v) is 23.0. The first-order valence-corrected chi connectivity index (χ1v) is 13.5. The van der Waals surface area contributed by atoms with E-state index in [2.05, 4.69) is 21.0 Å². The van der Waals surface area contributed by atoms with Crippen LogP contribution in [0.5, 0.6) is 0 Å². The molecule has 0 aliphatic carbocycles. The summed E-state index contributed by atoms with van der Waals surface area (Å²) in [7, 11) is 0. The lowest BCUT2D eigenvalue weighted by Crippen LogP contribution is -2.61. The summed E-state index contributed by atoms with van der Waals surface area (Å²) in [5, 5.41) is 7.64. The molecule has 0 radical (unpaired) electrons. The largest absolute Gasteiger partial charge is 0.454 e. The molecule has 1 fully saturated rings. The number of nitrogens with one attached hydrogen (secondary N) is 4. The zero-order chi connectivity index (χ0) is 28.5. The van der Waals surface area contributed by atoms with E-state index in [-0.39, 0.29) is 36.6 Å². The fourth-order valence-electron chi connectivity index (χ4n) is 4.48. The number of ether oxygens (including phenoxy) is 1. The van der Waals surface area contributed by atoms with Gasteiger partial charge < -0.3 is 20.4 Å². The number of amides is 3. The number of nitrogens with zero attached hydrogens (tertiary/aromatic N) is 1. The lowest BCUT2D eigenvalue weighted by atomic mass is 9.98. The molecule has 0 spiro atoms. The number of H-pyrrole nitrogens is 1. The summed E-state index contributed by atoms with van der Waals surface area (Å²) in [6, 6.07) is 5.19.